The fourth-order valence-electron chi connectivity index (χ4n) is 1.69. The molecule has 0 bridgehead atoms. The number of benzene rings is 1. The average molecular weight is 255 g/mol. The van der Waals surface area contributed by atoms with Crippen LogP contribution in [0.5, 0.6) is 0 Å². The van der Waals surface area contributed by atoms with Gasteiger partial charge in [-0.05, 0) is 18.6 Å². The molecule has 0 aliphatic carbocycles. The molecule has 3 nitrogen and oxygen atoms in total. The second-order valence-electron chi connectivity index (χ2n) is 3.72. The first kappa shape index (κ1) is 12.1. The summed E-state index contributed by atoms with van der Waals surface area (Å²) >= 11 is 6.01. The van der Waals surface area contributed by atoms with E-state index in [1.54, 1.807) is 36.0 Å². The molecule has 0 spiro atoms. The number of aryl methyl sites for hydroxylation is 1. The summed E-state index contributed by atoms with van der Waals surface area (Å²) < 4.78 is 15.7. The zero-order valence-electron chi connectivity index (χ0n) is 9.32. The highest BCUT2D eigenvalue weighted by atomic mass is 35.5. The van der Waals surface area contributed by atoms with Gasteiger partial charge in [-0.15, -0.1) is 0 Å². The van der Waals surface area contributed by atoms with Crippen molar-refractivity contribution in [2.45, 2.75) is 13.5 Å². The van der Waals surface area contributed by atoms with Gasteiger partial charge < -0.3 is 9.67 Å². The maximum absolute atomic E-state index is 14.0. The summed E-state index contributed by atoms with van der Waals surface area (Å²) in [6, 6.07) is 3.27. The van der Waals surface area contributed by atoms with Crippen molar-refractivity contribution < 1.29 is 9.50 Å². The van der Waals surface area contributed by atoms with Crippen LogP contribution in [0.25, 0.3) is 11.4 Å². The molecule has 1 aromatic carbocycles. The highest BCUT2D eigenvalue weighted by Gasteiger charge is 2.16. The van der Waals surface area contributed by atoms with Gasteiger partial charge in [0.05, 0.1) is 17.2 Å². The SMILES string of the molecule is Cc1ccc(Cl)c(-c2nccn2CCO)c1F. The van der Waals surface area contributed by atoms with Crippen molar-refractivity contribution in [1.82, 2.24) is 9.55 Å². The summed E-state index contributed by atoms with van der Waals surface area (Å²) in [5.41, 5.74) is 0.799. The fraction of sp³-hybridized carbons (Fsp3) is 0.250. The van der Waals surface area contributed by atoms with Crippen molar-refractivity contribution in [2.75, 3.05) is 6.61 Å². The van der Waals surface area contributed by atoms with Crippen LogP contribution >= 0.6 is 11.6 Å². The van der Waals surface area contributed by atoms with E-state index >= 15 is 0 Å². The van der Waals surface area contributed by atoms with E-state index in [9.17, 15) is 4.39 Å². The Hall–Kier alpha value is -1.39. The number of rotatable bonds is 3. The van der Waals surface area contributed by atoms with Crippen LogP contribution in [0.15, 0.2) is 24.5 Å². The number of hydrogen-bond donors (Lipinski definition) is 1. The Bertz CT molecular complexity index is 539. The third-order valence-electron chi connectivity index (χ3n) is 2.56. The summed E-state index contributed by atoms with van der Waals surface area (Å²) in [5.74, 6) is 0.0631. The van der Waals surface area contributed by atoms with E-state index in [1.165, 1.54) is 0 Å². The second-order valence-corrected chi connectivity index (χ2v) is 4.13. The summed E-state index contributed by atoms with van der Waals surface area (Å²) in [6.45, 7) is 2.00. The molecule has 0 radical (unpaired) electrons. The normalized spacial score (nSPS) is 10.8. The molecular weight excluding hydrogens is 243 g/mol. The van der Waals surface area contributed by atoms with E-state index in [4.69, 9.17) is 16.7 Å². The van der Waals surface area contributed by atoms with E-state index in [0.717, 1.165) is 0 Å². The Balaban J connectivity index is 2.60. The smallest absolute Gasteiger partial charge is 0.144 e. The molecule has 0 saturated heterocycles. The van der Waals surface area contributed by atoms with E-state index in [1.807, 2.05) is 0 Å². The highest BCUT2D eigenvalue weighted by Crippen LogP contribution is 2.31. The molecule has 1 heterocycles. The first-order valence-corrected chi connectivity index (χ1v) is 5.60. The Morgan fingerprint density at radius 1 is 1.47 bits per heavy atom. The summed E-state index contributed by atoms with van der Waals surface area (Å²) in [7, 11) is 0. The lowest BCUT2D eigenvalue weighted by Gasteiger charge is -2.10. The van der Waals surface area contributed by atoms with E-state index in [0.29, 0.717) is 23.0 Å². The van der Waals surface area contributed by atoms with Gasteiger partial charge in [0.2, 0.25) is 0 Å². The molecule has 0 fully saturated rings. The van der Waals surface area contributed by atoms with Gasteiger partial charge in [-0.2, -0.15) is 0 Å². The van der Waals surface area contributed by atoms with Crippen LogP contribution in [-0.4, -0.2) is 21.3 Å². The maximum Gasteiger partial charge on any atom is 0.144 e. The first-order chi connectivity index (χ1) is 8.15. The number of nitrogens with zero attached hydrogens (tertiary/aromatic N) is 2. The quantitative estimate of drug-likeness (QED) is 0.914. The lowest BCUT2D eigenvalue weighted by Crippen LogP contribution is -2.04. The molecule has 0 aliphatic rings. The Kier molecular flexibility index (Phi) is 3.45. The molecule has 0 aliphatic heterocycles. The van der Waals surface area contributed by atoms with Gasteiger partial charge in [0.15, 0.2) is 0 Å². The molecule has 1 aromatic heterocycles. The summed E-state index contributed by atoms with van der Waals surface area (Å²) in [6.07, 6.45) is 3.24. The van der Waals surface area contributed by atoms with Gasteiger partial charge in [-0.3, -0.25) is 0 Å². The van der Waals surface area contributed by atoms with E-state index < -0.39 is 0 Å². The van der Waals surface area contributed by atoms with Crippen LogP contribution in [0.2, 0.25) is 5.02 Å². The van der Waals surface area contributed by atoms with Crippen LogP contribution in [0, 0.1) is 12.7 Å². The van der Waals surface area contributed by atoms with E-state index in [-0.39, 0.29) is 18.0 Å². The van der Waals surface area contributed by atoms with Gasteiger partial charge in [-0.1, -0.05) is 17.7 Å². The van der Waals surface area contributed by atoms with E-state index in [2.05, 4.69) is 4.98 Å². The maximum atomic E-state index is 14.0. The van der Waals surface area contributed by atoms with Gasteiger partial charge in [0, 0.05) is 18.9 Å². The standard InChI is InChI=1S/C12H12ClFN2O/c1-8-2-3-9(13)10(11(8)14)12-15-4-5-16(12)6-7-17/h2-5,17H,6-7H2,1H3. The molecule has 2 aromatic rings. The molecular formula is C12H12ClFN2O. The van der Waals surface area contributed by atoms with Crippen molar-refractivity contribution in [3.63, 3.8) is 0 Å². The van der Waals surface area contributed by atoms with Gasteiger partial charge >= 0.3 is 0 Å². The molecule has 2 rings (SSSR count). The molecule has 1 N–H and O–H groups in total. The van der Waals surface area contributed by atoms with Gasteiger partial charge in [0.25, 0.3) is 0 Å². The lowest BCUT2D eigenvalue weighted by molar-refractivity contribution is 0.276. The highest BCUT2D eigenvalue weighted by molar-refractivity contribution is 6.33. The minimum absolute atomic E-state index is 0.0333. The molecule has 17 heavy (non-hydrogen) atoms. The van der Waals surface area contributed by atoms with Gasteiger partial charge in [0.1, 0.15) is 11.6 Å². The molecule has 90 valence electrons. The van der Waals surface area contributed by atoms with Crippen LogP contribution in [0.4, 0.5) is 4.39 Å². The lowest BCUT2D eigenvalue weighted by atomic mass is 10.1. The minimum atomic E-state index is -0.372. The Morgan fingerprint density at radius 2 is 2.24 bits per heavy atom. The predicted molar refractivity (Wildman–Crippen MR) is 64.5 cm³/mol. The molecule has 0 saturated carbocycles. The van der Waals surface area contributed by atoms with Crippen molar-refractivity contribution in [3.05, 3.63) is 40.9 Å². The largest absolute Gasteiger partial charge is 0.395 e. The number of aromatic nitrogens is 2. The fourth-order valence-corrected chi connectivity index (χ4v) is 1.92. The van der Waals surface area contributed by atoms with Crippen molar-refractivity contribution >= 4 is 11.6 Å². The number of hydrogen-bond acceptors (Lipinski definition) is 2. The second kappa shape index (κ2) is 4.85. The van der Waals surface area contributed by atoms with Gasteiger partial charge in [-0.25, -0.2) is 9.37 Å². The van der Waals surface area contributed by atoms with Crippen LogP contribution in [0.1, 0.15) is 5.56 Å². The summed E-state index contributed by atoms with van der Waals surface area (Å²) in [5, 5.41) is 9.25. The monoisotopic (exact) mass is 254 g/mol. The zero-order chi connectivity index (χ0) is 12.4. The first-order valence-electron chi connectivity index (χ1n) is 5.22. The molecule has 5 heteroatoms. The predicted octanol–water partition coefficient (Wildman–Crippen LogP) is 2.64. The molecule has 0 unspecified atom stereocenters. The van der Waals surface area contributed by atoms with Crippen molar-refractivity contribution in [2.24, 2.45) is 0 Å². The number of halogens is 2. The number of aliphatic hydroxyl groups excluding tert-OH is 1. The zero-order valence-corrected chi connectivity index (χ0v) is 10.1. The minimum Gasteiger partial charge on any atom is -0.395 e. The van der Waals surface area contributed by atoms with Crippen LogP contribution in [-0.2, 0) is 6.54 Å². The molecule has 0 amide bonds. The topological polar surface area (TPSA) is 38.0 Å². The third-order valence-corrected chi connectivity index (χ3v) is 2.88. The summed E-state index contributed by atoms with van der Waals surface area (Å²) in [4.78, 5) is 4.10. The number of aliphatic hydroxyl groups is 1. The van der Waals surface area contributed by atoms with Crippen molar-refractivity contribution in [3.8, 4) is 11.4 Å². The van der Waals surface area contributed by atoms with Crippen molar-refractivity contribution in [1.29, 1.82) is 0 Å². The van der Waals surface area contributed by atoms with Crippen LogP contribution < -0.4 is 0 Å². The Labute approximate surface area is 103 Å². The Morgan fingerprint density at radius 3 is 2.94 bits per heavy atom. The number of imidazole rings is 1. The molecule has 0 atom stereocenters. The third kappa shape index (κ3) is 2.18. The van der Waals surface area contributed by atoms with Crippen LogP contribution in [0.3, 0.4) is 0 Å². The average Bonchev–Trinajstić information content (AvgIpc) is 2.73.